The van der Waals surface area contributed by atoms with Crippen LogP contribution in [0.15, 0.2) is 44.3 Å². The van der Waals surface area contributed by atoms with E-state index in [2.05, 4.69) is 25.6 Å². The maximum atomic E-state index is 12.9. The van der Waals surface area contributed by atoms with Gasteiger partial charge < -0.3 is 9.15 Å². The molecule has 0 radical (unpaired) electrons. The summed E-state index contributed by atoms with van der Waals surface area (Å²) in [6.07, 6.45) is 3.79. The smallest absolute Gasteiger partial charge is 0.244 e. The van der Waals surface area contributed by atoms with Crippen molar-refractivity contribution in [3.05, 3.63) is 45.8 Å². The minimum absolute atomic E-state index is 0.000933. The van der Waals surface area contributed by atoms with Crippen molar-refractivity contribution in [1.82, 2.24) is 9.62 Å². The zero-order valence-corrected chi connectivity index (χ0v) is 17.4. The molecule has 1 fully saturated rings. The first-order chi connectivity index (χ1) is 12.4. The molecule has 2 heterocycles. The van der Waals surface area contributed by atoms with Gasteiger partial charge >= 0.3 is 0 Å². The fraction of sp³-hybridized carbons (Fsp3) is 0.412. The Kier molecular flexibility index (Phi) is 6.29. The lowest BCUT2D eigenvalue weighted by atomic mass is 10.2. The van der Waals surface area contributed by atoms with Crippen LogP contribution in [0.5, 0.6) is 5.75 Å². The van der Waals surface area contributed by atoms with Gasteiger partial charge in [-0.05, 0) is 66.1 Å². The van der Waals surface area contributed by atoms with E-state index in [4.69, 9.17) is 20.8 Å². The molecule has 1 saturated heterocycles. The quantitative estimate of drug-likeness (QED) is 0.676. The predicted octanol–water partition coefficient (Wildman–Crippen LogP) is 3.82. The van der Waals surface area contributed by atoms with E-state index in [0.717, 1.165) is 31.7 Å². The molecule has 0 amide bonds. The van der Waals surface area contributed by atoms with Gasteiger partial charge in [-0.2, -0.15) is 0 Å². The van der Waals surface area contributed by atoms with Gasteiger partial charge in [-0.3, -0.25) is 4.90 Å². The van der Waals surface area contributed by atoms with Gasteiger partial charge in [0.1, 0.15) is 10.7 Å². The maximum absolute atomic E-state index is 12.9. The van der Waals surface area contributed by atoms with Crippen LogP contribution in [0.2, 0.25) is 5.02 Å². The molecule has 2 aromatic rings. The zero-order valence-electron chi connectivity index (χ0n) is 14.2. The highest BCUT2D eigenvalue weighted by molar-refractivity contribution is 9.10. The lowest BCUT2D eigenvalue weighted by Crippen LogP contribution is -2.36. The third-order valence-electron chi connectivity index (χ3n) is 4.39. The third-order valence-corrected chi connectivity index (χ3v) is 6.62. The molecular formula is C17H20BrClN2O4S. The number of ether oxygens (including phenoxy) is 1. The molecule has 1 N–H and O–H groups in total. The first kappa shape index (κ1) is 19.7. The Labute approximate surface area is 166 Å². The third kappa shape index (κ3) is 4.26. The van der Waals surface area contributed by atoms with Gasteiger partial charge in [0.2, 0.25) is 10.0 Å². The monoisotopic (exact) mass is 462 g/mol. The predicted molar refractivity (Wildman–Crippen MR) is 103 cm³/mol. The second-order valence-corrected chi connectivity index (χ2v) is 9.07. The molecule has 0 saturated carbocycles. The zero-order chi connectivity index (χ0) is 18.7. The van der Waals surface area contributed by atoms with E-state index < -0.39 is 10.0 Å². The van der Waals surface area contributed by atoms with Gasteiger partial charge in [-0.15, -0.1) is 0 Å². The van der Waals surface area contributed by atoms with E-state index in [1.165, 1.54) is 13.2 Å². The van der Waals surface area contributed by atoms with E-state index in [0.29, 0.717) is 9.50 Å². The Morgan fingerprint density at radius 2 is 2.12 bits per heavy atom. The van der Waals surface area contributed by atoms with Crippen molar-refractivity contribution < 1.29 is 17.6 Å². The van der Waals surface area contributed by atoms with Crippen LogP contribution in [0.25, 0.3) is 0 Å². The molecule has 1 aromatic heterocycles. The topological polar surface area (TPSA) is 71.8 Å². The van der Waals surface area contributed by atoms with Crippen molar-refractivity contribution in [2.45, 2.75) is 23.8 Å². The highest BCUT2D eigenvalue weighted by Gasteiger charge is 2.29. The highest BCUT2D eigenvalue weighted by Crippen LogP contribution is 2.35. The fourth-order valence-corrected chi connectivity index (χ4v) is 5.56. The Morgan fingerprint density at radius 3 is 2.73 bits per heavy atom. The van der Waals surface area contributed by atoms with Crippen molar-refractivity contribution in [2.75, 3.05) is 26.7 Å². The number of nitrogens with one attached hydrogen (secondary N) is 1. The summed E-state index contributed by atoms with van der Waals surface area (Å²) in [5.41, 5.74) is 0. The van der Waals surface area contributed by atoms with Crippen molar-refractivity contribution in [1.29, 1.82) is 0 Å². The summed E-state index contributed by atoms with van der Waals surface area (Å²) in [4.78, 5) is 2.23. The van der Waals surface area contributed by atoms with Crippen LogP contribution in [0, 0.1) is 0 Å². The van der Waals surface area contributed by atoms with E-state index in [1.807, 2.05) is 12.1 Å². The first-order valence-corrected chi connectivity index (χ1v) is 10.9. The average Bonchev–Trinajstić information content (AvgIpc) is 3.28. The minimum Gasteiger partial charge on any atom is -0.494 e. The number of methoxy groups -OCH3 is 1. The maximum Gasteiger partial charge on any atom is 0.244 e. The molecule has 1 aromatic carbocycles. The van der Waals surface area contributed by atoms with Gasteiger partial charge in [0.15, 0.2) is 5.75 Å². The van der Waals surface area contributed by atoms with Crippen LogP contribution in [0.4, 0.5) is 0 Å². The molecule has 0 spiro atoms. The number of furan rings is 1. The number of benzene rings is 1. The molecule has 3 rings (SSSR count). The Morgan fingerprint density at radius 1 is 1.38 bits per heavy atom. The lowest BCUT2D eigenvalue weighted by molar-refractivity contribution is 0.216. The second-order valence-electron chi connectivity index (χ2n) is 6.05. The van der Waals surface area contributed by atoms with Gasteiger partial charge in [0.05, 0.1) is 23.9 Å². The van der Waals surface area contributed by atoms with E-state index >= 15 is 0 Å². The minimum atomic E-state index is -3.82. The number of halogens is 2. The van der Waals surface area contributed by atoms with Crippen LogP contribution >= 0.6 is 27.5 Å². The van der Waals surface area contributed by atoms with E-state index in [1.54, 1.807) is 12.3 Å². The molecule has 9 heteroatoms. The van der Waals surface area contributed by atoms with Crippen LogP contribution in [-0.2, 0) is 10.0 Å². The van der Waals surface area contributed by atoms with Crippen molar-refractivity contribution in [2.24, 2.45) is 0 Å². The molecule has 26 heavy (non-hydrogen) atoms. The largest absolute Gasteiger partial charge is 0.494 e. The summed E-state index contributed by atoms with van der Waals surface area (Å²) in [6.45, 7) is 2.03. The SMILES string of the molecule is COc1c(Br)cc(Cl)cc1S(=O)(=O)NCC(c1ccco1)N1CCCC1. The van der Waals surface area contributed by atoms with E-state index in [9.17, 15) is 8.42 Å². The van der Waals surface area contributed by atoms with Gasteiger partial charge in [-0.1, -0.05) is 11.6 Å². The molecule has 0 aliphatic carbocycles. The molecular weight excluding hydrogens is 444 g/mol. The Hall–Kier alpha value is -1.06. The van der Waals surface area contributed by atoms with Crippen LogP contribution in [0.3, 0.4) is 0 Å². The van der Waals surface area contributed by atoms with Gasteiger partial charge in [-0.25, -0.2) is 13.1 Å². The number of hydrogen-bond donors (Lipinski definition) is 1. The van der Waals surface area contributed by atoms with Crippen molar-refractivity contribution in [3.8, 4) is 5.75 Å². The summed E-state index contributed by atoms with van der Waals surface area (Å²) in [7, 11) is -2.40. The second kappa shape index (κ2) is 8.31. The normalized spacial score (nSPS) is 16.7. The lowest BCUT2D eigenvalue weighted by Gasteiger charge is -2.26. The molecule has 1 atom stereocenters. The van der Waals surface area contributed by atoms with Crippen molar-refractivity contribution >= 4 is 37.6 Å². The number of rotatable bonds is 7. The molecule has 1 aliphatic heterocycles. The molecule has 0 bridgehead atoms. The summed E-state index contributed by atoms with van der Waals surface area (Å²) in [5.74, 6) is 0.964. The Balaban J connectivity index is 1.85. The summed E-state index contributed by atoms with van der Waals surface area (Å²) < 4.78 is 39.7. The van der Waals surface area contributed by atoms with Gasteiger partial charge in [0.25, 0.3) is 0 Å². The summed E-state index contributed by atoms with van der Waals surface area (Å²) in [6, 6.07) is 6.49. The standard InChI is InChI=1S/C17H20BrClN2O4S/c1-24-17-13(18)9-12(19)10-16(17)26(22,23)20-11-14(15-5-4-8-25-15)21-6-2-3-7-21/h4-5,8-10,14,20H,2-3,6-7,11H2,1H3. The Bertz CT molecular complexity index is 852. The van der Waals surface area contributed by atoms with Crippen LogP contribution < -0.4 is 9.46 Å². The van der Waals surface area contributed by atoms with E-state index in [-0.39, 0.29) is 23.2 Å². The fourth-order valence-electron chi connectivity index (χ4n) is 3.14. The molecule has 1 aliphatic rings. The average molecular weight is 464 g/mol. The molecule has 6 nitrogen and oxygen atoms in total. The molecule has 142 valence electrons. The number of nitrogens with zero attached hydrogens (tertiary/aromatic N) is 1. The van der Waals surface area contributed by atoms with Crippen LogP contribution in [0.1, 0.15) is 24.6 Å². The van der Waals surface area contributed by atoms with Crippen LogP contribution in [-0.4, -0.2) is 40.1 Å². The number of likely N-dealkylation sites (tertiary alicyclic amines) is 1. The highest BCUT2D eigenvalue weighted by atomic mass is 79.9. The van der Waals surface area contributed by atoms with Crippen molar-refractivity contribution in [3.63, 3.8) is 0 Å². The van der Waals surface area contributed by atoms with Gasteiger partial charge in [0, 0.05) is 11.6 Å². The number of hydrogen-bond acceptors (Lipinski definition) is 5. The summed E-state index contributed by atoms with van der Waals surface area (Å²) >= 11 is 9.32. The summed E-state index contributed by atoms with van der Waals surface area (Å²) in [5, 5.41) is 0.306. The first-order valence-electron chi connectivity index (χ1n) is 8.22. The molecule has 1 unspecified atom stereocenters. The number of sulfonamides is 1.